The van der Waals surface area contributed by atoms with Gasteiger partial charge in [0.25, 0.3) is 5.91 Å². The number of carbonyl (C=O) groups excluding carboxylic acids is 1. The Hall–Kier alpha value is -2.57. The predicted molar refractivity (Wildman–Crippen MR) is 70.8 cm³/mol. The van der Waals surface area contributed by atoms with E-state index in [2.05, 4.69) is 30.6 Å². The van der Waals surface area contributed by atoms with Crippen molar-refractivity contribution < 1.29 is 4.79 Å². The lowest BCUT2D eigenvalue weighted by Gasteiger charge is -2.06. The molecule has 0 radical (unpaired) electrons. The van der Waals surface area contributed by atoms with Crippen LogP contribution in [0.4, 0.5) is 11.6 Å². The molecule has 0 unspecified atom stereocenters. The van der Waals surface area contributed by atoms with E-state index < -0.39 is 0 Å². The monoisotopic (exact) mass is 258 g/mol. The number of nitrogens with one attached hydrogen (secondary N) is 2. The number of nitrogens with zero attached hydrogens (tertiary/aromatic N) is 4. The molecular formula is C12H14N6O. The Balaban J connectivity index is 2.06. The van der Waals surface area contributed by atoms with Gasteiger partial charge in [0.15, 0.2) is 5.82 Å². The molecule has 2 aromatic heterocycles. The lowest BCUT2D eigenvalue weighted by atomic mass is 10.4. The SMILES string of the molecule is CCCNc1cncc(C(=O)Nc2cnccn2)n1. The number of hydrogen-bond donors (Lipinski definition) is 2. The predicted octanol–water partition coefficient (Wildman–Crippen LogP) is 1.34. The standard InChI is InChI=1S/C12H14N6O/c1-2-3-15-10-8-14-6-9(17-10)12(19)18-11-7-13-4-5-16-11/h4-8H,2-3H2,1H3,(H,15,17)(H,16,18,19). The first kappa shape index (κ1) is 12.9. The number of rotatable bonds is 5. The van der Waals surface area contributed by atoms with Gasteiger partial charge in [0, 0.05) is 18.9 Å². The van der Waals surface area contributed by atoms with Crippen molar-refractivity contribution in [2.75, 3.05) is 17.2 Å². The molecule has 19 heavy (non-hydrogen) atoms. The van der Waals surface area contributed by atoms with E-state index >= 15 is 0 Å². The van der Waals surface area contributed by atoms with E-state index in [9.17, 15) is 4.79 Å². The largest absolute Gasteiger partial charge is 0.369 e. The highest BCUT2D eigenvalue weighted by Gasteiger charge is 2.09. The van der Waals surface area contributed by atoms with Crippen LogP contribution in [0.3, 0.4) is 0 Å². The molecule has 2 rings (SSSR count). The third-order valence-corrected chi connectivity index (χ3v) is 2.23. The summed E-state index contributed by atoms with van der Waals surface area (Å²) < 4.78 is 0. The van der Waals surface area contributed by atoms with Crippen LogP contribution in [0.15, 0.2) is 31.0 Å². The van der Waals surface area contributed by atoms with Gasteiger partial charge in [-0.3, -0.25) is 14.8 Å². The molecule has 98 valence electrons. The van der Waals surface area contributed by atoms with Gasteiger partial charge < -0.3 is 10.6 Å². The first-order valence-corrected chi connectivity index (χ1v) is 5.93. The highest BCUT2D eigenvalue weighted by atomic mass is 16.1. The Morgan fingerprint density at radius 1 is 1.16 bits per heavy atom. The van der Waals surface area contributed by atoms with E-state index in [1.54, 1.807) is 6.20 Å². The summed E-state index contributed by atoms with van der Waals surface area (Å²) in [5.74, 6) is 0.586. The molecule has 7 nitrogen and oxygen atoms in total. The van der Waals surface area contributed by atoms with E-state index in [0.717, 1.165) is 13.0 Å². The first-order chi connectivity index (χ1) is 9.29. The Kier molecular flexibility index (Phi) is 4.33. The maximum absolute atomic E-state index is 11.9. The van der Waals surface area contributed by atoms with Crippen LogP contribution < -0.4 is 10.6 Å². The van der Waals surface area contributed by atoms with Gasteiger partial charge in [-0.1, -0.05) is 6.92 Å². The van der Waals surface area contributed by atoms with E-state index in [-0.39, 0.29) is 11.6 Å². The third-order valence-electron chi connectivity index (χ3n) is 2.23. The number of amides is 1. The van der Waals surface area contributed by atoms with Crippen molar-refractivity contribution in [3.63, 3.8) is 0 Å². The zero-order valence-corrected chi connectivity index (χ0v) is 10.5. The van der Waals surface area contributed by atoms with Crippen LogP contribution >= 0.6 is 0 Å². The molecule has 0 fully saturated rings. The fourth-order valence-corrected chi connectivity index (χ4v) is 1.36. The van der Waals surface area contributed by atoms with Gasteiger partial charge in [-0.05, 0) is 6.42 Å². The van der Waals surface area contributed by atoms with Crippen LogP contribution in [0, 0.1) is 0 Å². The molecule has 7 heteroatoms. The van der Waals surface area contributed by atoms with Gasteiger partial charge in [0.2, 0.25) is 0 Å². The number of carbonyl (C=O) groups is 1. The van der Waals surface area contributed by atoms with Crippen LogP contribution in [0.2, 0.25) is 0 Å². The Morgan fingerprint density at radius 3 is 2.74 bits per heavy atom. The molecule has 2 heterocycles. The molecule has 0 saturated carbocycles. The van der Waals surface area contributed by atoms with Crippen LogP contribution in [0.25, 0.3) is 0 Å². The summed E-state index contributed by atoms with van der Waals surface area (Å²) in [6.45, 7) is 2.83. The average molecular weight is 258 g/mol. The molecule has 0 aliphatic carbocycles. The summed E-state index contributed by atoms with van der Waals surface area (Å²) in [6, 6.07) is 0. The molecule has 0 bridgehead atoms. The van der Waals surface area contributed by atoms with Crippen LogP contribution in [0.1, 0.15) is 23.8 Å². The Morgan fingerprint density at radius 2 is 2.00 bits per heavy atom. The molecule has 0 atom stereocenters. The fraction of sp³-hybridized carbons (Fsp3) is 0.250. The molecule has 0 aliphatic rings. The van der Waals surface area contributed by atoms with Crippen molar-refractivity contribution in [1.82, 2.24) is 19.9 Å². The highest BCUT2D eigenvalue weighted by molar-refractivity contribution is 6.02. The smallest absolute Gasteiger partial charge is 0.277 e. The number of aromatic nitrogens is 4. The normalized spacial score (nSPS) is 9.95. The zero-order valence-electron chi connectivity index (χ0n) is 10.5. The van der Waals surface area contributed by atoms with Crippen LogP contribution in [-0.2, 0) is 0 Å². The van der Waals surface area contributed by atoms with E-state index in [1.165, 1.54) is 24.8 Å². The molecular weight excluding hydrogens is 244 g/mol. The van der Waals surface area contributed by atoms with Crippen molar-refractivity contribution in [3.05, 3.63) is 36.7 Å². The van der Waals surface area contributed by atoms with Crippen molar-refractivity contribution in [1.29, 1.82) is 0 Å². The van der Waals surface area contributed by atoms with Crippen molar-refractivity contribution in [2.24, 2.45) is 0 Å². The molecule has 2 N–H and O–H groups in total. The second kappa shape index (κ2) is 6.39. The third kappa shape index (κ3) is 3.70. The van der Waals surface area contributed by atoms with Gasteiger partial charge in [-0.25, -0.2) is 9.97 Å². The summed E-state index contributed by atoms with van der Waals surface area (Å²) in [4.78, 5) is 27.9. The summed E-state index contributed by atoms with van der Waals surface area (Å²) in [6.07, 6.45) is 8.45. The Labute approximate surface area is 110 Å². The minimum atomic E-state index is -0.367. The van der Waals surface area contributed by atoms with Crippen molar-refractivity contribution in [2.45, 2.75) is 13.3 Å². The van der Waals surface area contributed by atoms with Gasteiger partial charge in [0.05, 0.1) is 18.6 Å². The van der Waals surface area contributed by atoms with Crippen LogP contribution in [-0.4, -0.2) is 32.4 Å². The molecule has 1 amide bonds. The molecule has 0 spiro atoms. The highest BCUT2D eigenvalue weighted by Crippen LogP contribution is 2.05. The van der Waals surface area contributed by atoms with Crippen molar-refractivity contribution >= 4 is 17.5 Å². The summed E-state index contributed by atoms with van der Waals surface area (Å²) in [5.41, 5.74) is 0.228. The molecule has 2 aromatic rings. The van der Waals surface area contributed by atoms with Gasteiger partial charge in [0.1, 0.15) is 11.5 Å². The van der Waals surface area contributed by atoms with E-state index in [4.69, 9.17) is 0 Å². The zero-order chi connectivity index (χ0) is 13.5. The topological polar surface area (TPSA) is 92.7 Å². The molecule has 0 aromatic carbocycles. The van der Waals surface area contributed by atoms with E-state index in [1.807, 2.05) is 6.92 Å². The van der Waals surface area contributed by atoms with Gasteiger partial charge in [-0.15, -0.1) is 0 Å². The first-order valence-electron chi connectivity index (χ1n) is 5.93. The quantitative estimate of drug-likeness (QED) is 0.840. The summed E-state index contributed by atoms with van der Waals surface area (Å²) in [5, 5.41) is 5.67. The molecule has 0 aliphatic heterocycles. The fourth-order valence-electron chi connectivity index (χ4n) is 1.36. The second-order valence-corrected chi connectivity index (χ2v) is 3.76. The van der Waals surface area contributed by atoms with E-state index in [0.29, 0.717) is 11.6 Å². The second-order valence-electron chi connectivity index (χ2n) is 3.76. The van der Waals surface area contributed by atoms with Crippen LogP contribution in [0.5, 0.6) is 0 Å². The van der Waals surface area contributed by atoms with Gasteiger partial charge >= 0.3 is 0 Å². The Bertz CT molecular complexity index is 545. The average Bonchev–Trinajstić information content (AvgIpc) is 2.46. The lowest BCUT2D eigenvalue weighted by Crippen LogP contribution is -2.16. The number of hydrogen-bond acceptors (Lipinski definition) is 6. The lowest BCUT2D eigenvalue weighted by molar-refractivity contribution is 0.102. The minimum Gasteiger partial charge on any atom is -0.369 e. The maximum atomic E-state index is 11.9. The maximum Gasteiger partial charge on any atom is 0.277 e. The van der Waals surface area contributed by atoms with Crippen molar-refractivity contribution in [3.8, 4) is 0 Å². The minimum absolute atomic E-state index is 0.228. The summed E-state index contributed by atoms with van der Waals surface area (Å²) >= 11 is 0. The number of anilines is 2. The summed E-state index contributed by atoms with van der Waals surface area (Å²) in [7, 11) is 0. The molecule has 0 saturated heterocycles. The van der Waals surface area contributed by atoms with Gasteiger partial charge in [-0.2, -0.15) is 0 Å².